The molecular formula is C15H27NS. The van der Waals surface area contributed by atoms with Gasteiger partial charge >= 0.3 is 0 Å². The number of nitrogens with one attached hydrogen (secondary N) is 1. The summed E-state index contributed by atoms with van der Waals surface area (Å²) in [5, 5.41) is 5.88. The predicted octanol–water partition coefficient (Wildman–Crippen LogP) is 4.49. The summed E-state index contributed by atoms with van der Waals surface area (Å²) >= 11 is 1.89. The molecule has 0 aromatic carbocycles. The summed E-state index contributed by atoms with van der Waals surface area (Å²) in [6.45, 7) is 7.91. The lowest BCUT2D eigenvalue weighted by atomic mass is 9.88. The number of hydrogen-bond donors (Lipinski definition) is 1. The van der Waals surface area contributed by atoms with Crippen molar-refractivity contribution in [1.82, 2.24) is 5.32 Å². The molecule has 0 amide bonds. The second kappa shape index (κ2) is 8.71. The number of rotatable bonds is 9. The number of thiophene rings is 1. The molecule has 0 aliphatic carbocycles. The van der Waals surface area contributed by atoms with Crippen molar-refractivity contribution in [3.8, 4) is 0 Å². The van der Waals surface area contributed by atoms with Gasteiger partial charge < -0.3 is 5.32 Å². The summed E-state index contributed by atoms with van der Waals surface area (Å²) < 4.78 is 0. The van der Waals surface area contributed by atoms with Crippen LogP contribution in [0.4, 0.5) is 0 Å². The van der Waals surface area contributed by atoms with E-state index in [-0.39, 0.29) is 0 Å². The number of hydrogen-bond acceptors (Lipinski definition) is 2. The first-order valence-corrected chi connectivity index (χ1v) is 7.95. The average Bonchev–Trinajstić information content (AvgIpc) is 2.81. The van der Waals surface area contributed by atoms with Gasteiger partial charge in [-0.3, -0.25) is 0 Å². The molecule has 0 spiro atoms. The minimum atomic E-state index is 0.665. The lowest BCUT2D eigenvalue weighted by Crippen LogP contribution is -2.37. The molecule has 1 aromatic heterocycles. The van der Waals surface area contributed by atoms with Gasteiger partial charge in [-0.05, 0) is 43.2 Å². The fourth-order valence-corrected chi connectivity index (χ4v) is 3.37. The monoisotopic (exact) mass is 253 g/mol. The van der Waals surface area contributed by atoms with Gasteiger partial charge in [0.2, 0.25) is 0 Å². The van der Waals surface area contributed by atoms with Crippen molar-refractivity contribution in [1.29, 1.82) is 0 Å². The lowest BCUT2D eigenvalue weighted by molar-refractivity contribution is 0.313. The SMILES string of the molecule is CCCC(CCC)C(Cc1cccs1)NCC. The van der Waals surface area contributed by atoms with Crippen LogP contribution in [0.25, 0.3) is 0 Å². The predicted molar refractivity (Wildman–Crippen MR) is 78.8 cm³/mol. The molecule has 98 valence electrons. The summed E-state index contributed by atoms with van der Waals surface area (Å²) in [5.74, 6) is 0.840. The molecule has 0 bridgehead atoms. The summed E-state index contributed by atoms with van der Waals surface area (Å²) in [4.78, 5) is 1.52. The molecule has 0 saturated heterocycles. The van der Waals surface area contributed by atoms with Crippen molar-refractivity contribution in [3.05, 3.63) is 22.4 Å². The first kappa shape index (κ1) is 14.7. The number of likely N-dealkylation sites (N-methyl/N-ethyl adjacent to an activating group) is 1. The molecular weight excluding hydrogens is 226 g/mol. The van der Waals surface area contributed by atoms with Gasteiger partial charge in [-0.25, -0.2) is 0 Å². The van der Waals surface area contributed by atoms with Crippen LogP contribution in [0.1, 0.15) is 51.3 Å². The molecule has 0 aliphatic heterocycles. The van der Waals surface area contributed by atoms with E-state index in [9.17, 15) is 0 Å². The standard InChI is InChI=1S/C15H27NS/c1-4-8-13(9-5-2)15(16-6-3)12-14-10-7-11-17-14/h7,10-11,13,15-16H,4-6,8-9,12H2,1-3H3. The third-order valence-corrected chi connectivity index (χ3v) is 4.25. The highest BCUT2D eigenvalue weighted by molar-refractivity contribution is 7.09. The molecule has 0 radical (unpaired) electrons. The van der Waals surface area contributed by atoms with Crippen molar-refractivity contribution >= 4 is 11.3 Å². The highest BCUT2D eigenvalue weighted by Gasteiger charge is 2.19. The topological polar surface area (TPSA) is 12.0 Å². The highest BCUT2D eigenvalue weighted by Crippen LogP contribution is 2.22. The van der Waals surface area contributed by atoms with Crippen LogP contribution in [0.15, 0.2) is 17.5 Å². The Labute approximate surface area is 111 Å². The maximum Gasteiger partial charge on any atom is 0.0143 e. The van der Waals surface area contributed by atoms with Crippen LogP contribution in [0, 0.1) is 5.92 Å². The van der Waals surface area contributed by atoms with Gasteiger partial charge in [0.25, 0.3) is 0 Å². The maximum absolute atomic E-state index is 3.70. The summed E-state index contributed by atoms with van der Waals surface area (Å²) in [6, 6.07) is 5.10. The van der Waals surface area contributed by atoms with Gasteiger partial charge in [0.05, 0.1) is 0 Å². The Morgan fingerprint density at radius 1 is 1.18 bits per heavy atom. The molecule has 1 rings (SSSR count). The van der Waals surface area contributed by atoms with E-state index in [0.717, 1.165) is 12.5 Å². The molecule has 17 heavy (non-hydrogen) atoms. The first-order chi connectivity index (χ1) is 8.31. The van der Waals surface area contributed by atoms with Gasteiger partial charge in [-0.1, -0.05) is 39.7 Å². The summed E-state index contributed by atoms with van der Waals surface area (Å²) in [7, 11) is 0. The van der Waals surface area contributed by atoms with Crippen LogP contribution in [0.2, 0.25) is 0 Å². The Hall–Kier alpha value is -0.340. The summed E-state index contributed by atoms with van der Waals surface area (Å²) in [5.41, 5.74) is 0. The van der Waals surface area contributed by atoms with E-state index >= 15 is 0 Å². The molecule has 1 atom stereocenters. The van der Waals surface area contributed by atoms with Crippen LogP contribution in [-0.2, 0) is 6.42 Å². The van der Waals surface area contributed by atoms with E-state index in [2.05, 4.69) is 43.6 Å². The molecule has 1 N–H and O–H groups in total. The van der Waals surface area contributed by atoms with Crippen LogP contribution in [0.5, 0.6) is 0 Å². The van der Waals surface area contributed by atoms with E-state index < -0.39 is 0 Å². The van der Waals surface area contributed by atoms with Gasteiger partial charge in [-0.15, -0.1) is 11.3 Å². The minimum absolute atomic E-state index is 0.665. The van der Waals surface area contributed by atoms with Crippen LogP contribution < -0.4 is 5.32 Å². The van der Waals surface area contributed by atoms with Gasteiger partial charge in [0, 0.05) is 10.9 Å². The van der Waals surface area contributed by atoms with Crippen LogP contribution in [0.3, 0.4) is 0 Å². The Bertz CT molecular complexity index is 262. The maximum atomic E-state index is 3.70. The van der Waals surface area contributed by atoms with Crippen LogP contribution in [-0.4, -0.2) is 12.6 Å². The van der Waals surface area contributed by atoms with Gasteiger partial charge in [-0.2, -0.15) is 0 Å². The molecule has 0 aliphatic rings. The lowest BCUT2D eigenvalue weighted by Gasteiger charge is -2.27. The molecule has 1 unspecified atom stereocenters. The van der Waals surface area contributed by atoms with Crippen LogP contribution >= 0.6 is 11.3 Å². The zero-order chi connectivity index (χ0) is 12.5. The van der Waals surface area contributed by atoms with E-state index in [4.69, 9.17) is 0 Å². The Morgan fingerprint density at radius 3 is 2.35 bits per heavy atom. The van der Waals surface area contributed by atoms with Crippen molar-refractivity contribution < 1.29 is 0 Å². The third kappa shape index (κ3) is 5.22. The van der Waals surface area contributed by atoms with Crippen molar-refractivity contribution in [2.24, 2.45) is 5.92 Å². The molecule has 1 aromatic rings. The molecule has 2 heteroatoms. The first-order valence-electron chi connectivity index (χ1n) is 7.07. The second-order valence-corrected chi connectivity index (χ2v) is 5.82. The molecule has 0 fully saturated rings. The normalized spacial score (nSPS) is 13.2. The Kier molecular flexibility index (Phi) is 7.54. The van der Waals surface area contributed by atoms with E-state index in [1.807, 2.05) is 11.3 Å². The Morgan fingerprint density at radius 2 is 1.88 bits per heavy atom. The highest BCUT2D eigenvalue weighted by atomic mass is 32.1. The quantitative estimate of drug-likeness (QED) is 0.684. The van der Waals surface area contributed by atoms with Gasteiger partial charge in [0.1, 0.15) is 0 Å². The van der Waals surface area contributed by atoms with Gasteiger partial charge in [0.15, 0.2) is 0 Å². The van der Waals surface area contributed by atoms with E-state index in [0.29, 0.717) is 6.04 Å². The fraction of sp³-hybridized carbons (Fsp3) is 0.733. The molecule has 1 nitrogen and oxygen atoms in total. The Balaban J connectivity index is 2.60. The fourth-order valence-electron chi connectivity index (χ4n) is 2.60. The second-order valence-electron chi connectivity index (χ2n) is 4.79. The zero-order valence-electron chi connectivity index (χ0n) is 11.5. The largest absolute Gasteiger partial charge is 0.314 e. The molecule has 1 heterocycles. The van der Waals surface area contributed by atoms with E-state index in [1.165, 1.54) is 37.0 Å². The summed E-state index contributed by atoms with van der Waals surface area (Å²) in [6.07, 6.45) is 6.53. The van der Waals surface area contributed by atoms with Crippen molar-refractivity contribution in [2.75, 3.05) is 6.54 Å². The van der Waals surface area contributed by atoms with Crippen molar-refractivity contribution in [2.45, 2.75) is 58.9 Å². The minimum Gasteiger partial charge on any atom is -0.314 e. The van der Waals surface area contributed by atoms with E-state index in [1.54, 1.807) is 0 Å². The zero-order valence-corrected chi connectivity index (χ0v) is 12.4. The molecule has 0 saturated carbocycles. The van der Waals surface area contributed by atoms with Crippen molar-refractivity contribution in [3.63, 3.8) is 0 Å². The smallest absolute Gasteiger partial charge is 0.0143 e. The third-order valence-electron chi connectivity index (χ3n) is 3.36. The average molecular weight is 253 g/mol.